The fourth-order valence-electron chi connectivity index (χ4n) is 3.06. The maximum atomic E-state index is 11.7. The molecular weight excluding hydrogens is 254 g/mol. The number of rotatable bonds is 5. The number of hydrogen-bond acceptors (Lipinski definition) is 4. The van der Waals surface area contributed by atoms with Crippen molar-refractivity contribution in [3.8, 4) is 0 Å². The van der Waals surface area contributed by atoms with Gasteiger partial charge < -0.3 is 15.9 Å². The van der Waals surface area contributed by atoms with Gasteiger partial charge in [-0.3, -0.25) is 9.59 Å². The molecule has 1 heterocycles. The van der Waals surface area contributed by atoms with E-state index in [-0.39, 0.29) is 0 Å². The summed E-state index contributed by atoms with van der Waals surface area (Å²) in [6, 6.07) is 0. The smallest absolute Gasteiger partial charge is 0.320 e. The Hall–Kier alpha value is -0.750. The van der Waals surface area contributed by atoms with Gasteiger partial charge in [-0.2, -0.15) is 0 Å². The van der Waals surface area contributed by atoms with Crippen LogP contribution < -0.4 is 5.73 Å². The molecule has 0 aliphatic carbocycles. The molecule has 104 valence electrons. The minimum atomic E-state index is -1.15. The van der Waals surface area contributed by atoms with Gasteiger partial charge in [0.25, 0.3) is 0 Å². The van der Waals surface area contributed by atoms with Crippen molar-refractivity contribution in [1.82, 2.24) is 0 Å². The Bertz CT molecular complexity index is 362. The minimum absolute atomic E-state index is 0.376. The summed E-state index contributed by atoms with van der Waals surface area (Å²) in [5, 5.41) is 18.3. The average Bonchev–Trinajstić information content (AvgIpc) is 2.52. The molecule has 0 aromatic rings. The number of carbonyl (C=O) groups is 2. The fourth-order valence-corrected chi connectivity index (χ4v) is 4.83. The highest BCUT2D eigenvalue weighted by molar-refractivity contribution is 8.02. The summed E-state index contributed by atoms with van der Waals surface area (Å²) in [5.74, 6) is -2.43. The molecule has 4 N–H and O–H groups in total. The highest BCUT2D eigenvalue weighted by Crippen LogP contribution is 2.59. The van der Waals surface area contributed by atoms with Gasteiger partial charge in [-0.25, -0.2) is 0 Å². The summed E-state index contributed by atoms with van der Waals surface area (Å²) in [5.41, 5.74) is 4.85. The molecule has 1 saturated heterocycles. The Morgan fingerprint density at radius 3 is 2.11 bits per heavy atom. The third-order valence-corrected chi connectivity index (χ3v) is 6.18. The van der Waals surface area contributed by atoms with Crippen molar-refractivity contribution in [3.63, 3.8) is 0 Å². The van der Waals surface area contributed by atoms with E-state index in [1.165, 1.54) is 0 Å². The maximum absolute atomic E-state index is 11.7. The molecule has 1 aliphatic heterocycles. The van der Waals surface area contributed by atoms with Gasteiger partial charge in [0, 0.05) is 0 Å². The third-order valence-electron chi connectivity index (χ3n) is 4.27. The molecule has 0 aromatic heterocycles. The second-order valence-electron chi connectivity index (χ2n) is 4.90. The van der Waals surface area contributed by atoms with E-state index >= 15 is 0 Å². The molecule has 6 heteroatoms. The van der Waals surface area contributed by atoms with Gasteiger partial charge in [0.15, 0.2) is 0 Å². The summed E-state index contributed by atoms with van der Waals surface area (Å²) >= 11 is 1.10. The molecule has 0 spiro atoms. The van der Waals surface area contributed by atoms with Crippen molar-refractivity contribution >= 4 is 23.7 Å². The monoisotopic (exact) mass is 275 g/mol. The van der Waals surface area contributed by atoms with Crippen LogP contribution in [-0.4, -0.2) is 32.3 Å². The van der Waals surface area contributed by atoms with Crippen molar-refractivity contribution in [2.45, 2.75) is 50.2 Å². The lowest BCUT2D eigenvalue weighted by Crippen LogP contribution is -2.49. The number of hydrogen-bond donors (Lipinski definition) is 3. The van der Waals surface area contributed by atoms with E-state index in [0.29, 0.717) is 19.3 Å². The molecule has 1 rings (SSSR count). The SMILES string of the molecule is CCC[C@]1(C(=O)O)[C@H](N)S[C@](CC)(C(=O)O)[C@@H]1C. The molecule has 4 atom stereocenters. The molecule has 0 bridgehead atoms. The average molecular weight is 275 g/mol. The normalized spacial score (nSPS) is 39.8. The Balaban J connectivity index is 3.31. The van der Waals surface area contributed by atoms with Crippen molar-refractivity contribution in [1.29, 1.82) is 0 Å². The zero-order chi connectivity index (χ0) is 14.1. The number of carboxylic acid groups (broad SMARTS) is 2. The molecule has 0 saturated carbocycles. The maximum Gasteiger partial charge on any atom is 0.320 e. The lowest BCUT2D eigenvalue weighted by Gasteiger charge is -2.35. The molecule has 0 radical (unpaired) electrons. The first-order valence-electron chi connectivity index (χ1n) is 6.19. The quantitative estimate of drug-likeness (QED) is 0.707. The van der Waals surface area contributed by atoms with Gasteiger partial charge >= 0.3 is 11.9 Å². The zero-order valence-electron chi connectivity index (χ0n) is 11.0. The summed E-state index contributed by atoms with van der Waals surface area (Å²) in [4.78, 5) is 23.2. The van der Waals surface area contributed by atoms with Gasteiger partial charge in [-0.15, -0.1) is 11.8 Å². The van der Waals surface area contributed by atoms with Crippen LogP contribution in [0.5, 0.6) is 0 Å². The standard InChI is InChI=1S/C12H21NO4S/c1-4-6-11(9(14)15)7(3)12(5-2,10(16)17)18-8(11)13/h7-8H,4-6,13H2,1-3H3,(H,14,15)(H,16,17)/t7-,8-,11-,12+/m1/s1. The number of carboxylic acids is 2. The van der Waals surface area contributed by atoms with Gasteiger partial charge in [-0.05, 0) is 18.8 Å². The largest absolute Gasteiger partial charge is 0.481 e. The first kappa shape index (κ1) is 15.3. The van der Waals surface area contributed by atoms with Crippen molar-refractivity contribution in [2.24, 2.45) is 17.1 Å². The lowest BCUT2D eigenvalue weighted by atomic mass is 9.67. The van der Waals surface area contributed by atoms with E-state index in [1.54, 1.807) is 13.8 Å². The predicted molar refractivity (Wildman–Crippen MR) is 70.4 cm³/mol. The molecule has 1 fully saturated rings. The van der Waals surface area contributed by atoms with Crippen LogP contribution in [0.25, 0.3) is 0 Å². The highest BCUT2D eigenvalue weighted by Gasteiger charge is 2.65. The van der Waals surface area contributed by atoms with E-state index in [2.05, 4.69) is 0 Å². The van der Waals surface area contributed by atoms with E-state index in [9.17, 15) is 19.8 Å². The summed E-state index contributed by atoms with van der Waals surface area (Å²) in [6.45, 7) is 5.37. The Morgan fingerprint density at radius 2 is 1.83 bits per heavy atom. The first-order chi connectivity index (χ1) is 8.29. The number of thioether (sulfide) groups is 1. The first-order valence-corrected chi connectivity index (χ1v) is 7.07. The van der Waals surface area contributed by atoms with Crippen LogP contribution in [-0.2, 0) is 9.59 Å². The van der Waals surface area contributed by atoms with E-state index in [1.807, 2.05) is 6.92 Å². The third kappa shape index (κ3) is 1.82. The molecule has 1 aliphatic rings. The van der Waals surface area contributed by atoms with E-state index in [0.717, 1.165) is 11.8 Å². The van der Waals surface area contributed by atoms with Crippen molar-refractivity contribution in [2.75, 3.05) is 0 Å². The van der Waals surface area contributed by atoms with Crippen LogP contribution in [0.15, 0.2) is 0 Å². The summed E-state index contributed by atoms with van der Waals surface area (Å²) in [7, 11) is 0. The summed E-state index contributed by atoms with van der Waals surface area (Å²) < 4.78 is -1.09. The highest BCUT2D eigenvalue weighted by atomic mass is 32.2. The molecule has 5 nitrogen and oxygen atoms in total. The second kappa shape index (κ2) is 5.09. The Labute approximate surface area is 111 Å². The fraction of sp³-hybridized carbons (Fsp3) is 0.833. The second-order valence-corrected chi connectivity index (χ2v) is 6.38. The van der Waals surface area contributed by atoms with Crippen LogP contribution in [0, 0.1) is 11.3 Å². The molecule has 18 heavy (non-hydrogen) atoms. The zero-order valence-corrected chi connectivity index (χ0v) is 11.8. The van der Waals surface area contributed by atoms with Crippen molar-refractivity contribution in [3.05, 3.63) is 0 Å². The van der Waals surface area contributed by atoms with Gasteiger partial charge in [-0.1, -0.05) is 27.2 Å². The number of aliphatic carboxylic acids is 2. The van der Waals surface area contributed by atoms with Crippen LogP contribution >= 0.6 is 11.8 Å². The van der Waals surface area contributed by atoms with E-state index in [4.69, 9.17) is 5.73 Å². The molecular formula is C12H21NO4S. The van der Waals surface area contributed by atoms with Gasteiger partial charge in [0.1, 0.15) is 4.75 Å². The Kier molecular flexibility index (Phi) is 4.33. The van der Waals surface area contributed by atoms with Crippen LogP contribution in [0.4, 0.5) is 0 Å². The van der Waals surface area contributed by atoms with Crippen molar-refractivity contribution < 1.29 is 19.8 Å². The van der Waals surface area contributed by atoms with Gasteiger partial charge in [0.2, 0.25) is 0 Å². The van der Waals surface area contributed by atoms with Crippen LogP contribution in [0.3, 0.4) is 0 Å². The minimum Gasteiger partial charge on any atom is -0.481 e. The predicted octanol–water partition coefficient (Wildman–Crippen LogP) is 1.76. The van der Waals surface area contributed by atoms with Gasteiger partial charge in [0.05, 0.1) is 10.8 Å². The topological polar surface area (TPSA) is 101 Å². The number of nitrogens with two attached hydrogens (primary N) is 1. The van der Waals surface area contributed by atoms with E-state index < -0.39 is 33.4 Å². The lowest BCUT2D eigenvalue weighted by molar-refractivity contribution is -0.155. The molecule has 0 unspecified atom stereocenters. The molecule has 0 amide bonds. The molecule has 0 aromatic carbocycles. The Morgan fingerprint density at radius 1 is 1.28 bits per heavy atom. The summed E-state index contributed by atoms with van der Waals surface area (Å²) in [6.07, 6.45) is 1.46. The van der Waals surface area contributed by atoms with Crippen LogP contribution in [0.2, 0.25) is 0 Å². The van der Waals surface area contributed by atoms with Crippen LogP contribution in [0.1, 0.15) is 40.0 Å².